The standard InChI is InChI=1S/C10H13NO3/c1-3-14-8-4-5-9(7(2)11-13)10(12)6-8/h4-6,12-13H,3H2,1-2H3. The smallest absolute Gasteiger partial charge is 0.128 e. The summed E-state index contributed by atoms with van der Waals surface area (Å²) in [5.41, 5.74) is 0.863. The molecule has 0 heterocycles. The lowest BCUT2D eigenvalue weighted by Gasteiger charge is -2.06. The fraction of sp³-hybridized carbons (Fsp3) is 0.300. The van der Waals surface area contributed by atoms with Gasteiger partial charge in [-0.25, -0.2) is 0 Å². The number of hydrogen-bond acceptors (Lipinski definition) is 4. The number of rotatable bonds is 3. The molecular formula is C10H13NO3. The van der Waals surface area contributed by atoms with E-state index in [0.29, 0.717) is 23.6 Å². The zero-order valence-corrected chi connectivity index (χ0v) is 8.19. The topological polar surface area (TPSA) is 62.0 Å². The first-order chi connectivity index (χ1) is 6.69. The molecule has 2 N–H and O–H groups in total. The van der Waals surface area contributed by atoms with E-state index in [1.54, 1.807) is 19.1 Å². The van der Waals surface area contributed by atoms with E-state index >= 15 is 0 Å². The summed E-state index contributed by atoms with van der Waals surface area (Å²) >= 11 is 0. The summed E-state index contributed by atoms with van der Waals surface area (Å²) in [5.74, 6) is 0.644. The van der Waals surface area contributed by atoms with Gasteiger partial charge < -0.3 is 15.1 Å². The maximum Gasteiger partial charge on any atom is 0.128 e. The summed E-state index contributed by atoms with van der Waals surface area (Å²) in [6.45, 7) is 4.02. The van der Waals surface area contributed by atoms with Gasteiger partial charge in [0.1, 0.15) is 11.5 Å². The van der Waals surface area contributed by atoms with Crippen LogP contribution in [0.5, 0.6) is 11.5 Å². The lowest BCUT2D eigenvalue weighted by atomic mass is 10.1. The summed E-state index contributed by atoms with van der Waals surface area (Å²) in [7, 11) is 0. The highest BCUT2D eigenvalue weighted by Crippen LogP contribution is 2.24. The number of oxime groups is 1. The second-order valence-corrected chi connectivity index (χ2v) is 2.80. The first kappa shape index (κ1) is 10.4. The largest absolute Gasteiger partial charge is 0.507 e. The van der Waals surface area contributed by atoms with Crippen molar-refractivity contribution >= 4 is 5.71 Å². The molecule has 0 aliphatic carbocycles. The molecule has 0 aliphatic rings. The molecule has 0 unspecified atom stereocenters. The SMILES string of the molecule is CCOc1ccc(C(C)=NO)c(O)c1. The van der Waals surface area contributed by atoms with Gasteiger partial charge in [0, 0.05) is 11.6 Å². The van der Waals surface area contributed by atoms with Crippen LogP contribution in [0.15, 0.2) is 23.4 Å². The fourth-order valence-corrected chi connectivity index (χ4v) is 1.13. The Bertz CT molecular complexity index is 347. The van der Waals surface area contributed by atoms with Crippen molar-refractivity contribution in [1.82, 2.24) is 0 Å². The van der Waals surface area contributed by atoms with Crippen molar-refractivity contribution in [3.63, 3.8) is 0 Å². The van der Waals surface area contributed by atoms with Crippen molar-refractivity contribution in [2.75, 3.05) is 6.61 Å². The Kier molecular flexibility index (Phi) is 3.34. The Balaban J connectivity index is 3.01. The van der Waals surface area contributed by atoms with Crippen molar-refractivity contribution in [2.24, 2.45) is 5.16 Å². The van der Waals surface area contributed by atoms with Crippen molar-refractivity contribution < 1.29 is 15.1 Å². The first-order valence-corrected chi connectivity index (χ1v) is 4.34. The highest BCUT2D eigenvalue weighted by molar-refractivity contribution is 6.00. The molecule has 14 heavy (non-hydrogen) atoms. The van der Waals surface area contributed by atoms with Gasteiger partial charge in [0.2, 0.25) is 0 Å². The number of aromatic hydroxyl groups is 1. The molecule has 4 nitrogen and oxygen atoms in total. The Hall–Kier alpha value is -1.71. The van der Waals surface area contributed by atoms with Crippen molar-refractivity contribution in [3.8, 4) is 11.5 Å². The molecular weight excluding hydrogens is 182 g/mol. The van der Waals surface area contributed by atoms with Crippen LogP contribution in [0.25, 0.3) is 0 Å². The molecule has 0 amide bonds. The number of phenols is 1. The number of ether oxygens (including phenoxy) is 1. The van der Waals surface area contributed by atoms with E-state index in [2.05, 4.69) is 5.16 Å². The highest BCUT2D eigenvalue weighted by Gasteiger charge is 2.06. The van der Waals surface area contributed by atoms with Gasteiger partial charge in [-0.1, -0.05) is 5.16 Å². The van der Waals surface area contributed by atoms with E-state index in [9.17, 15) is 5.11 Å². The van der Waals surface area contributed by atoms with E-state index < -0.39 is 0 Å². The van der Waals surface area contributed by atoms with Crippen LogP contribution in [-0.4, -0.2) is 22.6 Å². The monoisotopic (exact) mass is 195 g/mol. The second-order valence-electron chi connectivity index (χ2n) is 2.80. The Morgan fingerprint density at radius 3 is 2.71 bits per heavy atom. The van der Waals surface area contributed by atoms with E-state index in [4.69, 9.17) is 9.94 Å². The zero-order chi connectivity index (χ0) is 10.6. The molecule has 0 aliphatic heterocycles. The molecule has 0 aromatic heterocycles. The predicted molar refractivity (Wildman–Crippen MR) is 53.3 cm³/mol. The molecule has 1 aromatic rings. The van der Waals surface area contributed by atoms with Gasteiger partial charge in [-0.3, -0.25) is 0 Å². The molecule has 76 valence electrons. The lowest BCUT2D eigenvalue weighted by Crippen LogP contribution is -1.96. The quantitative estimate of drug-likeness (QED) is 0.440. The van der Waals surface area contributed by atoms with Gasteiger partial charge in [-0.05, 0) is 26.0 Å². The average Bonchev–Trinajstić information content (AvgIpc) is 2.17. The van der Waals surface area contributed by atoms with Crippen molar-refractivity contribution in [3.05, 3.63) is 23.8 Å². The minimum Gasteiger partial charge on any atom is -0.507 e. The van der Waals surface area contributed by atoms with E-state index in [1.807, 2.05) is 6.92 Å². The maximum atomic E-state index is 9.55. The minimum absolute atomic E-state index is 0.0475. The third kappa shape index (κ3) is 2.16. The van der Waals surface area contributed by atoms with E-state index in [-0.39, 0.29) is 5.75 Å². The molecule has 0 atom stereocenters. The van der Waals surface area contributed by atoms with Gasteiger partial charge in [-0.2, -0.15) is 0 Å². The summed E-state index contributed by atoms with van der Waals surface area (Å²) < 4.78 is 5.19. The molecule has 0 radical (unpaired) electrons. The molecule has 0 fully saturated rings. The number of benzene rings is 1. The van der Waals surface area contributed by atoms with Gasteiger partial charge in [-0.15, -0.1) is 0 Å². The zero-order valence-electron chi connectivity index (χ0n) is 8.19. The Labute approximate surface area is 82.4 Å². The fourth-order valence-electron chi connectivity index (χ4n) is 1.13. The second kappa shape index (κ2) is 4.50. The summed E-state index contributed by atoms with van der Waals surface area (Å²) in [6, 6.07) is 4.86. The summed E-state index contributed by atoms with van der Waals surface area (Å²) in [4.78, 5) is 0. The number of phenolic OH excluding ortho intramolecular Hbond substituents is 1. The van der Waals surface area contributed by atoms with Crippen LogP contribution in [0.1, 0.15) is 19.4 Å². The van der Waals surface area contributed by atoms with Gasteiger partial charge in [0.15, 0.2) is 0 Å². The van der Waals surface area contributed by atoms with Crippen LogP contribution < -0.4 is 4.74 Å². The third-order valence-corrected chi connectivity index (χ3v) is 1.82. The van der Waals surface area contributed by atoms with E-state index in [1.165, 1.54) is 6.07 Å². The average molecular weight is 195 g/mol. The lowest BCUT2D eigenvalue weighted by molar-refractivity contribution is 0.318. The summed E-state index contributed by atoms with van der Waals surface area (Å²) in [6.07, 6.45) is 0. The van der Waals surface area contributed by atoms with Gasteiger partial charge in [0.05, 0.1) is 12.3 Å². The van der Waals surface area contributed by atoms with Crippen molar-refractivity contribution in [2.45, 2.75) is 13.8 Å². The first-order valence-electron chi connectivity index (χ1n) is 4.34. The maximum absolute atomic E-state index is 9.55. The predicted octanol–water partition coefficient (Wildman–Crippen LogP) is 1.99. The van der Waals surface area contributed by atoms with Crippen LogP contribution in [0, 0.1) is 0 Å². The summed E-state index contributed by atoms with van der Waals surface area (Å²) in [5, 5.41) is 21.1. The molecule has 0 spiro atoms. The van der Waals surface area contributed by atoms with Crippen LogP contribution in [0.4, 0.5) is 0 Å². The third-order valence-electron chi connectivity index (χ3n) is 1.82. The van der Waals surface area contributed by atoms with Crippen LogP contribution in [-0.2, 0) is 0 Å². The number of hydrogen-bond donors (Lipinski definition) is 2. The van der Waals surface area contributed by atoms with Gasteiger partial charge in [0.25, 0.3) is 0 Å². The van der Waals surface area contributed by atoms with Gasteiger partial charge >= 0.3 is 0 Å². The minimum atomic E-state index is 0.0475. The normalized spacial score (nSPS) is 11.4. The van der Waals surface area contributed by atoms with Crippen LogP contribution in [0.2, 0.25) is 0 Å². The molecule has 1 aromatic carbocycles. The Morgan fingerprint density at radius 1 is 1.50 bits per heavy atom. The van der Waals surface area contributed by atoms with Crippen LogP contribution in [0.3, 0.4) is 0 Å². The molecule has 0 bridgehead atoms. The molecule has 4 heteroatoms. The van der Waals surface area contributed by atoms with E-state index in [0.717, 1.165) is 0 Å². The molecule has 0 saturated carbocycles. The van der Waals surface area contributed by atoms with Crippen molar-refractivity contribution in [1.29, 1.82) is 0 Å². The van der Waals surface area contributed by atoms with Crippen LogP contribution >= 0.6 is 0 Å². The number of nitrogens with zero attached hydrogens (tertiary/aromatic N) is 1. The highest BCUT2D eigenvalue weighted by atomic mass is 16.5. The molecule has 1 rings (SSSR count). The molecule has 0 saturated heterocycles. The Morgan fingerprint density at radius 2 is 2.21 bits per heavy atom.